The molecule has 1 unspecified atom stereocenters. The van der Waals surface area contributed by atoms with E-state index in [0.29, 0.717) is 17.0 Å². The third-order valence-corrected chi connectivity index (χ3v) is 3.07. The molecule has 0 radical (unpaired) electrons. The number of aryl methyl sites for hydroxylation is 2. The second kappa shape index (κ2) is 4.70. The van der Waals surface area contributed by atoms with Gasteiger partial charge in [-0.05, 0) is 30.2 Å². The highest BCUT2D eigenvalue weighted by atomic mass is 19.4. The lowest BCUT2D eigenvalue weighted by molar-refractivity contribution is -0.137. The quantitative estimate of drug-likeness (QED) is 0.911. The van der Waals surface area contributed by atoms with Crippen LogP contribution in [0.4, 0.5) is 13.2 Å². The fourth-order valence-corrected chi connectivity index (χ4v) is 2.02. The summed E-state index contributed by atoms with van der Waals surface area (Å²) in [4.78, 5) is 4.12. The van der Waals surface area contributed by atoms with Gasteiger partial charge in [-0.2, -0.15) is 13.2 Å². The minimum atomic E-state index is -4.34. The molecule has 0 saturated carbocycles. The van der Waals surface area contributed by atoms with Crippen LogP contribution in [0.1, 0.15) is 28.6 Å². The van der Waals surface area contributed by atoms with E-state index in [9.17, 15) is 13.2 Å². The number of hydrogen-bond acceptors (Lipinski definition) is 2. The predicted octanol–water partition coefficient (Wildman–Crippen LogP) is 2.80. The van der Waals surface area contributed by atoms with E-state index in [1.54, 1.807) is 30.9 Å². The number of imidazole rings is 1. The minimum absolute atomic E-state index is 0.505. The summed E-state index contributed by atoms with van der Waals surface area (Å²) in [5.74, 6) is 0.614. The van der Waals surface area contributed by atoms with Crippen LogP contribution in [0.5, 0.6) is 0 Å². The Hall–Kier alpha value is -1.82. The predicted molar refractivity (Wildman–Crippen MR) is 65.4 cm³/mol. The Morgan fingerprint density at radius 3 is 2.47 bits per heavy atom. The maximum atomic E-state index is 12.6. The van der Waals surface area contributed by atoms with E-state index in [2.05, 4.69) is 4.98 Å². The van der Waals surface area contributed by atoms with Crippen LogP contribution in [0, 0.1) is 6.92 Å². The topological polar surface area (TPSA) is 43.8 Å². The largest absolute Gasteiger partial charge is 0.416 e. The van der Waals surface area contributed by atoms with Crippen LogP contribution in [0.15, 0.2) is 30.6 Å². The molecule has 1 atom stereocenters. The lowest BCUT2D eigenvalue weighted by atomic mass is 9.98. The maximum absolute atomic E-state index is 12.6. The SMILES string of the molecule is Cc1cc(C(F)(F)F)ccc1C(N)c1nccn1C. The molecule has 0 amide bonds. The average Bonchev–Trinajstić information content (AvgIpc) is 2.73. The van der Waals surface area contributed by atoms with Crippen molar-refractivity contribution in [3.05, 3.63) is 53.1 Å². The van der Waals surface area contributed by atoms with Crippen LogP contribution in [0.3, 0.4) is 0 Å². The third-order valence-electron chi connectivity index (χ3n) is 3.07. The molecule has 0 aliphatic carbocycles. The van der Waals surface area contributed by atoms with Crippen LogP contribution in [-0.4, -0.2) is 9.55 Å². The van der Waals surface area contributed by atoms with Crippen molar-refractivity contribution in [2.45, 2.75) is 19.1 Å². The monoisotopic (exact) mass is 269 g/mol. The van der Waals surface area contributed by atoms with Crippen LogP contribution in [0.2, 0.25) is 0 Å². The molecule has 1 aromatic carbocycles. The summed E-state index contributed by atoms with van der Waals surface area (Å²) < 4.78 is 39.5. The highest BCUT2D eigenvalue weighted by Crippen LogP contribution is 2.32. The second-order valence-corrected chi connectivity index (χ2v) is 4.44. The minimum Gasteiger partial charge on any atom is -0.336 e. The summed E-state index contributed by atoms with van der Waals surface area (Å²) in [6.07, 6.45) is -0.986. The number of rotatable bonds is 2. The Bertz CT molecular complexity index is 587. The van der Waals surface area contributed by atoms with Gasteiger partial charge in [0.05, 0.1) is 11.6 Å². The first kappa shape index (κ1) is 13.6. The van der Waals surface area contributed by atoms with Gasteiger partial charge in [0.1, 0.15) is 5.82 Å². The molecule has 6 heteroatoms. The van der Waals surface area contributed by atoms with Gasteiger partial charge in [-0.15, -0.1) is 0 Å². The smallest absolute Gasteiger partial charge is 0.336 e. The van der Waals surface area contributed by atoms with Gasteiger partial charge in [-0.3, -0.25) is 0 Å². The van der Waals surface area contributed by atoms with E-state index in [0.717, 1.165) is 12.1 Å². The molecular formula is C13H14F3N3. The first-order valence-corrected chi connectivity index (χ1v) is 5.71. The number of nitrogens with two attached hydrogens (primary N) is 1. The number of halogens is 3. The van der Waals surface area contributed by atoms with Gasteiger partial charge < -0.3 is 10.3 Å². The fourth-order valence-electron chi connectivity index (χ4n) is 2.02. The molecule has 3 nitrogen and oxygen atoms in total. The zero-order valence-electron chi connectivity index (χ0n) is 10.6. The van der Waals surface area contributed by atoms with Gasteiger partial charge in [-0.1, -0.05) is 6.07 Å². The summed E-state index contributed by atoms with van der Waals surface area (Å²) in [5, 5.41) is 0. The van der Waals surface area contributed by atoms with Gasteiger partial charge in [0.2, 0.25) is 0 Å². The van der Waals surface area contributed by atoms with E-state index < -0.39 is 17.8 Å². The standard InChI is InChI=1S/C13H14F3N3/c1-8-7-9(13(14,15)16)3-4-10(8)11(17)12-18-5-6-19(12)2/h3-7,11H,17H2,1-2H3. The highest BCUT2D eigenvalue weighted by molar-refractivity contribution is 5.37. The molecule has 19 heavy (non-hydrogen) atoms. The Morgan fingerprint density at radius 2 is 2.00 bits per heavy atom. The van der Waals surface area contributed by atoms with E-state index in [1.165, 1.54) is 6.07 Å². The zero-order chi connectivity index (χ0) is 14.2. The Balaban J connectivity index is 2.39. The number of benzene rings is 1. The van der Waals surface area contributed by atoms with Crippen molar-refractivity contribution < 1.29 is 13.2 Å². The molecule has 2 N–H and O–H groups in total. The molecule has 1 aromatic heterocycles. The average molecular weight is 269 g/mol. The molecule has 2 rings (SSSR count). The molecule has 0 bridgehead atoms. The van der Waals surface area contributed by atoms with Crippen molar-refractivity contribution in [1.82, 2.24) is 9.55 Å². The lowest BCUT2D eigenvalue weighted by Crippen LogP contribution is -2.18. The van der Waals surface area contributed by atoms with E-state index in [4.69, 9.17) is 5.73 Å². The van der Waals surface area contributed by atoms with Crippen molar-refractivity contribution in [2.75, 3.05) is 0 Å². The van der Waals surface area contributed by atoms with Crippen LogP contribution < -0.4 is 5.73 Å². The van der Waals surface area contributed by atoms with Crippen molar-refractivity contribution >= 4 is 0 Å². The molecule has 102 valence electrons. The molecule has 0 spiro atoms. The van der Waals surface area contributed by atoms with Crippen molar-refractivity contribution in [1.29, 1.82) is 0 Å². The molecule has 0 fully saturated rings. The number of alkyl halides is 3. The molecule has 0 aliphatic rings. The first-order chi connectivity index (χ1) is 8.80. The van der Waals surface area contributed by atoms with E-state index >= 15 is 0 Å². The number of hydrogen-bond donors (Lipinski definition) is 1. The summed E-state index contributed by atoms with van der Waals surface area (Å²) in [6.45, 7) is 1.62. The molecule has 0 saturated heterocycles. The van der Waals surface area contributed by atoms with Gasteiger partial charge in [0.25, 0.3) is 0 Å². The summed E-state index contributed by atoms with van der Waals surface area (Å²) >= 11 is 0. The van der Waals surface area contributed by atoms with E-state index in [-0.39, 0.29) is 0 Å². The lowest BCUT2D eigenvalue weighted by Gasteiger charge is -2.16. The van der Waals surface area contributed by atoms with E-state index in [1.807, 2.05) is 0 Å². The Kier molecular flexibility index (Phi) is 3.36. The normalized spacial score (nSPS) is 13.6. The summed E-state index contributed by atoms with van der Waals surface area (Å²) in [7, 11) is 1.79. The number of nitrogens with zero attached hydrogens (tertiary/aromatic N) is 2. The zero-order valence-corrected chi connectivity index (χ0v) is 10.6. The Morgan fingerprint density at radius 1 is 1.32 bits per heavy atom. The summed E-state index contributed by atoms with van der Waals surface area (Å²) in [5.41, 5.74) is 6.54. The van der Waals surface area contributed by atoms with Gasteiger partial charge in [-0.25, -0.2) is 4.98 Å². The van der Waals surface area contributed by atoms with Crippen LogP contribution >= 0.6 is 0 Å². The van der Waals surface area contributed by atoms with Crippen LogP contribution in [-0.2, 0) is 13.2 Å². The number of aromatic nitrogens is 2. The third kappa shape index (κ3) is 2.63. The molecule has 2 aromatic rings. The summed E-state index contributed by atoms with van der Waals surface area (Å²) in [6, 6.07) is 3.03. The Labute approximate surface area is 108 Å². The first-order valence-electron chi connectivity index (χ1n) is 5.71. The van der Waals surface area contributed by atoms with Crippen LogP contribution in [0.25, 0.3) is 0 Å². The molecule has 0 aliphatic heterocycles. The van der Waals surface area contributed by atoms with Gasteiger partial charge in [0.15, 0.2) is 0 Å². The maximum Gasteiger partial charge on any atom is 0.416 e. The fraction of sp³-hybridized carbons (Fsp3) is 0.308. The van der Waals surface area contributed by atoms with Gasteiger partial charge in [0, 0.05) is 19.4 Å². The van der Waals surface area contributed by atoms with Crippen molar-refractivity contribution in [3.8, 4) is 0 Å². The van der Waals surface area contributed by atoms with Crippen molar-refractivity contribution in [3.63, 3.8) is 0 Å². The van der Waals surface area contributed by atoms with Gasteiger partial charge >= 0.3 is 6.18 Å². The van der Waals surface area contributed by atoms with Crippen molar-refractivity contribution in [2.24, 2.45) is 12.8 Å². The molecule has 1 heterocycles. The highest BCUT2D eigenvalue weighted by Gasteiger charge is 2.31. The second-order valence-electron chi connectivity index (χ2n) is 4.44. The molecular weight excluding hydrogens is 255 g/mol.